The second-order valence-corrected chi connectivity index (χ2v) is 6.66. The summed E-state index contributed by atoms with van der Waals surface area (Å²) < 4.78 is 0. The van der Waals surface area contributed by atoms with Crippen molar-refractivity contribution in [3.8, 4) is 0 Å². The van der Waals surface area contributed by atoms with E-state index in [0.29, 0.717) is 12.0 Å². The van der Waals surface area contributed by atoms with Crippen LogP contribution in [0.5, 0.6) is 0 Å². The molecule has 0 bridgehead atoms. The van der Waals surface area contributed by atoms with Crippen molar-refractivity contribution in [1.82, 2.24) is 15.5 Å². The molecule has 2 N–H and O–H groups in total. The van der Waals surface area contributed by atoms with Gasteiger partial charge in [0.25, 0.3) is 0 Å². The Balaban J connectivity index is 1.33. The van der Waals surface area contributed by atoms with Crippen molar-refractivity contribution in [2.24, 2.45) is 0 Å². The molecule has 5 heteroatoms. The molecule has 4 rings (SSSR count). The number of carbonyl (C=O) groups is 1. The summed E-state index contributed by atoms with van der Waals surface area (Å²) in [4.78, 5) is 14.3. The Morgan fingerprint density at radius 1 is 1.26 bits per heavy atom. The quantitative estimate of drug-likeness (QED) is 0.911. The highest BCUT2D eigenvalue weighted by Gasteiger charge is 2.38. The molecular weight excluding hydrogens is 288 g/mol. The number of aromatic amines is 1. The van der Waals surface area contributed by atoms with E-state index >= 15 is 0 Å². The number of hydrogen-bond donors (Lipinski definition) is 2. The molecule has 1 saturated heterocycles. The maximum atomic E-state index is 12.5. The zero-order valence-corrected chi connectivity index (χ0v) is 13.3. The van der Waals surface area contributed by atoms with E-state index in [2.05, 4.69) is 46.7 Å². The fourth-order valence-electron chi connectivity index (χ4n) is 3.81. The number of H-pyrrole nitrogens is 1. The summed E-state index contributed by atoms with van der Waals surface area (Å²) in [5.41, 5.74) is 2.83. The SMILES string of the molecule is Cc1ccccc1C1CC(NC2CCN(c3ccn[nH]3)C2=O)C1. The Kier molecular flexibility index (Phi) is 3.65. The molecule has 2 heterocycles. The van der Waals surface area contributed by atoms with E-state index in [9.17, 15) is 4.79 Å². The number of carbonyl (C=O) groups excluding carboxylic acids is 1. The normalized spacial score (nSPS) is 27.3. The van der Waals surface area contributed by atoms with Gasteiger partial charge < -0.3 is 5.32 Å². The van der Waals surface area contributed by atoms with E-state index in [1.165, 1.54) is 11.1 Å². The zero-order valence-electron chi connectivity index (χ0n) is 13.3. The third-order valence-electron chi connectivity index (χ3n) is 5.19. The van der Waals surface area contributed by atoms with Crippen LogP contribution in [-0.4, -0.2) is 34.7 Å². The number of rotatable bonds is 4. The summed E-state index contributed by atoms with van der Waals surface area (Å²) in [5.74, 6) is 1.59. The van der Waals surface area contributed by atoms with Crippen LogP contribution in [0.2, 0.25) is 0 Å². The van der Waals surface area contributed by atoms with Crippen LogP contribution in [0.1, 0.15) is 36.3 Å². The van der Waals surface area contributed by atoms with E-state index in [4.69, 9.17) is 0 Å². The molecule has 1 saturated carbocycles. The fraction of sp³-hybridized carbons (Fsp3) is 0.444. The summed E-state index contributed by atoms with van der Waals surface area (Å²) >= 11 is 0. The number of benzene rings is 1. The maximum absolute atomic E-state index is 12.5. The monoisotopic (exact) mass is 310 g/mol. The molecule has 1 unspecified atom stereocenters. The summed E-state index contributed by atoms with van der Waals surface area (Å²) in [6.07, 6.45) is 4.79. The Morgan fingerprint density at radius 3 is 2.83 bits per heavy atom. The van der Waals surface area contributed by atoms with Gasteiger partial charge in [0.2, 0.25) is 5.91 Å². The predicted molar refractivity (Wildman–Crippen MR) is 89.4 cm³/mol. The third kappa shape index (κ3) is 2.65. The van der Waals surface area contributed by atoms with Crippen molar-refractivity contribution >= 4 is 11.7 Å². The van der Waals surface area contributed by atoms with Crippen molar-refractivity contribution < 1.29 is 4.79 Å². The fourth-order valence-corrected chi connectivity index (χ4v) is 3.81. The van der Waals surface area contributed by atoms with Crippen molar-refractivity contribution in [1.29, 1.82) is 0 Å². The first-order valence-corrected chi connectivity index (χ1v) is 8.34. The number of anilines is 1. The Bertz CT molecular complexity index is 691. The van der Waals surface area contributed by atoms with Crippen molar-refractivity contribution in [2.75, 3.05) is 11.4 Å². The molecule has 1 aliphatic carbocycles. The van der Waals surface area contributed by atoms with Crippen LogP contribution < -0.4 is 10.2 Å². The topological polar surface area (TPSA) is 61.0 Å². The minimum Gasteiger partial charge on any atom is -0.303 e. The van der Waals surface area contributed by atoms with Gasteiger partial charge in [-0.15, -0.1) is 0 Å². The van der Waals surface area contributed by atoms with E-state index in [0.717, 1.165) is 31.6 Å². The molecule has 2 fully saturated rings. The molecule has 2 aromatic rings. The number of nitrogens with one attached hydrogen (secondary N) is 2. The average molecular weight is 310 g/mol. The first-order valence-electron chi connectivity index (χ1n) is 8.34. The molecule has 1 atom stereocenters. The second-order valence-electron chi connectivity index (χ2n) is 6.66. The Labute approximate surface area is 136 Å². The number of aromatic nitrogens is 2. The van der Waals surface area contributed by atoms with Gasteiger partial charge in [-0.1, -0.05) is 24.3 Å². The van der Waals surface area contributed by atoms with Crippen LogP contribution in [0, 0.1) is 6.92 Å². The standard InChI is InChI=1S/C18H22N4O/c1-12-4-2-3-5-15(12)13-10-14(11-13)20-16-7-9-22(18(16)23)17-6-8-19-21-17/h2-6,8,13-14,16,20H,7,9-11H2,1H3,(H,19,21). The van der Waals surface area contributed by atoms with Gasteiger partial charge in [0, 0.05) is 18.7 Å². The van der Waals surface area contributed by atoms with E-state index in [-0.39, 0.29) is 11.9 Å². The lowest BCUT2D eigenvalue weighted by molar-refractivity contribution is -0.119. The Morgan fingerprint density at radius 2 is 2.09 bits per heavy atom. The smallest absolute Gasteiger partial charge is 0.245 e. The highest BCUT2D eigenvalue weighted by atomic mass is 16.2. The van der Waals surface area contributed by atoms with Gasteiger partial charge in [0.1, 0.15) is 5.82 Å². The van der Waals surface area contributed by atoms with Crippen LogP contribution in [0.3, 0.4) is 0 Å². The number of amides is 1. The summed E-state index contributed by atoms with van der Waals surface area (Å²) in [7, 11) is 0. The largest absolute Gasteiger partial charge is 0.303 e. The molecule has 1 amide bonds. The molecule has 1 aromatic carbocycles. The number of nitrogens with zero attached hydrogens (tertiary/aromatic N) is 2. The van der Waals surface area contributed by atoms with Crippen molar-refractivity contribution in [2.45, 2.75) is 44.2 Å². The van der Waals surface area contributed by atoms with E-state index < -0.39 is 0 Å². The molecule has 5 nitrogen and oxygen atoms in total. The first-order chi connectivity index (χ1) is 11.2. The van der Waals surface area contributed by atoms with Gasteiger partial charge in [0.15, 0.2) is 0 Å². The molecule has 0 radical (unpaired) electrons. The van der Waals surface area contributed by atoms with Gasteiger partial charge >= 0.3 is 0 Å². The molecule has 2 aliphatic rings. The summed E-state index contributed by atoms with van der Waals surface area (Å²) in [6.45, 7) is 2.94. The van der Waals surface area contributed by atoms with E-state index in [1.54, 1.807) is 11.1 Å². The van der Waals surface area contributed by atoms with Gasteiger partial charge in [-0.05, 0) is 43.2 Å². The highest BCUT2D eigenvalue weighted by Crippen LogP contribution is 2.38. The molecular formula is C18H22N4O. The molecule has 120 valence electrons. The summed E-state index contributed by atoms with van der Waals surface area (Å²) in [6, 6.07) is 10.9. The zero-order chi connectivity index (χ0) is 15.8. The summed E-state index contributed by atoms with van der Waals surface area (Å²) in [5, 5.41) is 10.4. The number of hydrogen-bond acceptors (Lipinski definition) is 3. The molecule has 0 spiro atoms. The minimum atomic E-state index is -0.0545. The third-order valence-corrected chi connectivity index (χ3v) is 5.19. The predicted octanol–water partition coefficient (Wildman–Crippen LogP) is 2.36. The maximum Gasteiger partial charge on any atom is 0.245 e. The van der Waals surface area contributed by atoms with Crippen LogP contribution in [0.15, 0.2) is 36.5 Å². The van der Waals surface area contributed by atoms with Gasteiger partial charge in [-0.2, -0.15) is 5.10 Å². The van der Waals surface area contributed by atoms with Gasteiger partial charge in [-0.25, -0.2) is 0 Å². The van der Waals surface area contributed by atoms with Crippen LogP contribution in [0.4, 0.5) is 5.82 Å². The lowest BCUT2D eigenvalue weighted by Gasteiger charge is -2.38. The van der Waals surface area contributed by atoms with Gasteiger partial charge in [-0.3, -0.25) is 14.8 Å². The van der Waals surface area contributed by atoms with Crippen LogP contribution in [-0.2, 0) is 4.79 Å². The lowest BCUT2D eigenvalue weighted by Crippen LogP contribution is -2.48. The molecule has 1 aromatic heterocycles. The lowest BCUT2D eigenvalue weighted by atomic mass is 9.74. The van der Waals surface area contributed by atoms with E-state index in [1.807, 2.05) is 6.07 Å². The first kappa shape index (κ1) is 14.5. The van der Waals surface area contributed by atoms with Crippen LogP contribution in [0.25, 0.3) is 0 Å². The van der Waals surface area contributed by atoms with Gasteiger partial charge in [0.05, 0.1) is 12.2 Å². The van der Waals surface area contributed by atoms with Crippen molar-refractivity contribution in [3.63, 3.8) is 0 Å². The molecule has 23 heavy (non-hydrogen) atoms. The second kappa shape index (κ2) is 5.81. The number of aryl methyl sites for hydroxylation is 1. The minimum absolute atomic E-state index is 0.0545. The van der Waals surface area contributed by atoms with Crippen molar-refractivity contribution in [3.05, 3.63) is 47.7 Å². The average Bonchev–Trinajstić information content (AvgIpc) is 3.14. The Hall–Kier alpha value is -2.14. The highest BCUT2D eigenvalue weighted by molar-refractivity contribution is 5.98. The van der Waals surface area contributed by atoms with Crippen LogP contribution >= 0.6 is 0 Å². The molecule has 1 aliphatic heterocycles.